The molecule has 156 valence electrons. The smallest absolute Gasteiger partial charge is 0.234 e. The van der Waals surface area contributed by atoms with Crippen molar-refractivity contribution in [3.8, 4) is 0 Å². The van der Waals surface area contributed by atoms with Gasteiger partial charge in [0.05, 0.1) is 17.6 Å². The van der Waals surface area contributed by atoms with E-state index in [4.69, 9.17) is 5.73 Å². The number of nitrogens with two attached hydrogens (primary N) is 1. The number of hydrogen-bond donors (Lipinski definition) is 3. The van der Waals surface area contributed by atoms with E-state index in [9.17, 15) is 14.0 Å². The summed E-state index contributed by atoms with van der Waals surface area (Å²) in [5.74, 6) is -0.228. The van der Waals surface area contributed by atoms with Gasteiger partial charge in [-0.1, -0.05) is 6.07 Å². The van der Waals surface area contributed by atoms with Crippen LogP contribution in [0.4, 0.5) is 21.7 Å². The first kappa shape index (κ1) is 19.3. The lowest BCUT2D eigenvalue weighted by molar-refractivity contribution is -0.125. The van der Waals surface area contributed by atoms with Gasteiger partial charge in [0.15, 0.2) is 5.82 Å². The number of primary amides is 1. The van der Waals surface area contributed by atoms with E-state index in [0.717, 1.165) is 19.0 Å². The predicted molar refractivity (Wildman–Crippen MR) is 113 cm³/mol. The molecule has 2 saturated carbocycles. The number of anilines is 3. The van der Waals surface area contributed by atoms with Gasteiger partial charge in [0, 0.05) is 22.5 Å². The summed E-state index contributed by atoms with van der Waals surface area (Å²) < 4.78 is 14.6. The molecule has 3 aliphatic rings. The minimum Gasteiger partial charge on any atom is -0.369 e. The van der Waals surface area contributed by atoms with Crippen LogP contribution in [-0.4, -0.2) is 32.8 Å². The molecule has 2 heterocycles. The van der Waals surface area contributed by atoms with E-state index in [2.05, 4.69) is 20.6 Å². The fourth-order valence-corrected chi connectivity index (χ4v) is 6.74. The van der Waals surface area contributed by atoms with Gasteiger partial charge in [-0.05, 0) is 55.2 Å². The van der Waals surface area contributed by atoms with Crippen molar-refractivity contribution in [3.05, 3.63) is 42.0 Å². The number of benzene rings is 1. The quantitative estimate of drug-likeness (QED) is 0.646. The van der Waals surface area contributed by atoms with Gasteiger partial charge in [-0.25, -0.2) is 14.4 Å². The van der Waals surface area contributed by atoms with Gasteiger partial charge in [0.1, 0.15) is 0 Å². The van der Waals surface area contributed by atoms with Gasteiger partial charge in [-0.15, -0.1) is 11.8 Å². The lowest BCUT2D eigenvalue weighted by atomic mass is 9.76. The summed E-state index contributed by atoms with van der Waals surface area (Å²) in [6.07, 6.45) is 3.24. The number of fused-ring (bicyclic) bond motifs is 5. The van der Waals surface area contributed by atoms with Crippen LogP contribution in [0.25, 0.3) is 0 Å². The highest BCUT2D eigenvalue weighted by atomic mass is 32.2. The Morgan fingerprint density at radius 2 is 2.00 bits per heavy atom. The van der Waals surface area contributed by atoms with E-state index in [0.29, 0.717) is 29.2 Å². The summed E-state index contributed by atoms with van der Waals surface area (Å²) >= 11 is 1.62. The second kappa shape index (κ2) is 7.54. The third-order valence-electron chi connectivity index (χ3n) is 6.51. The number of halogens is 1. The van der Waals surface area contributed by atoms with Crippen LogP contribution in [-0.2, 0) is 16.0 Å². The Hall–Kier alpha value is -2.68. The first-order chi connectivity index (χ1) is 14.5. The fraction of sp³-hybridized carbons (Fsp3) is 0.429. The molecule has 1 aromatic heterocycles. The summed E-state index contributed by atoms with van der Waals surface area (Å²) in [4.78, 5) is 33.1. The SMILES string of the molecule is NC(=O)[C@H]1[C@H]2C[C@H]3[C@H]1Cc1nc(ncc1F)Nc1cccc(c1)NC(=O)CS[C@@H]3C2. The van der Waals surface area contributed by atoms with Crippen LogP contribution in [0, 0.1) is 29.5 Å². The molecule has 0 saturated heterocycles. The van der Waals surface area contributed by atoms with Crippen molar-refractivity contribution in [1.29, 1.82) is 0 Å². The van der Waals surface area contributed by atoms with Gasteiger partial charge < -0.3 is 16.4 Å². The van der Waals surface area contributed by atoms with Gasteiger partial charge in [0.2, 0.25) is 17.8 Å². The molecule has 1 aliphatic heterocycles. The maximum absolute atomic E-state index is 14.6. The number of amides is 2. The molecule has 9 heteroatoms. The fourth-order valence-electron chi connectivity index (χ4n) is 5.36. The molecular formula is C21H22FN5O2S. The number of nitrogens with one attached hydrogen (secondary N) is 2. The van der Waals surface area contributed by atoms with Crippen molar-refractivity contribution in [2.75, 3.05) is 16.4 Å². The number of carbonyl (C=O) groups excluding carboxylic acids is 2. The van der Waals surface area contributed by atoms with Gasteiger partial charge in [0.25, 0.3) is 0 Å². The molecule has 0 unspecified atom stereocenters. The molecule has 7 nitrogen and oxygen atoms in total. The molecule has 0 spiro atoms. The first-order valence-corrected chi connectivity index (χ1v) is 11.1. The van der Waals surface area contributed by atoms with Crippen molar-refractivity contribution < 1.29 is 14.0 Å². The predicted octanol–water partition coefficient (Wildman–Crippen LogP) is 2.71. The zero-order valence-electron chi connectivity index (χ0n) is 16.2. The monoisotopic (exact) mass is 427 g/mol. The summed E-state index contributed by atoms with van der Waals surface area (Å²) in [7, 11) is 0. The Kier molecular flexibility index (Phi) is 4.85. The van der Waals surface area contributed by atoms with E-state index in [1.165, 1.54) is 0 Å². The van der Waals surface area contributed by atoms with E-state index in [1.807, 2.05) is 18.2 Å². The van der Waals surface area contributed by atoms with E-state index in [1.54, 1.807) is 17.8 Å². The van der Waals surface area contributed by atoms with Crippen molar-refractivity contribution in [3.63, 3.8) is 0 Å². The number of carbonyl (C=O) groups is 2. The minimum absolute atomic E-state index is 0.0688. The Bertz CT molecular complexity index is 1020. The average molecular weight is 428 g/mol. The summed E-state index contributed by atoms with van der Waals surface area (Å²) in [5, 5.41) is 6.24. The lowest BCUT2D eigenvalue weighted by Crippen LogP contribution is -2.39. The van der Waals surface area contributed by atoms with Crippen LogP contribution in [0.2, 0.25) is 0 Å². The molecule has 4 N–H and O–H groups in total. The standard InChI is InChI=1S/C21H22FN5O2S/c22-15-8-24-21-26-12-3-1-2-11(6-12)25-18(28)9-30-17-5-10-4-13(17)14(7-16(15)27-21)19(10)20(23)29/h1-3,6,8,10,13-14,17,19H,4-5,7,9H2,(H2,23,29)(H,25,28)(H,24,26,27)/t10-,13-,14+,17+,19-/m0/s1. The molecule has 30 heavy (non-hydrogen) atoms. The number of hydrogen-bond acceptors (Lipinski definition) is 6. The van der Waals surface area contributed by atoms with Crippen LogP contribution in [0.1, 0.15) is 18.5 Å². The summed E-state index contributed by atoms with van der Waals surface area (Å²) in [6.45, 7) is 0. The molecule has 2 aromatic rings. The van der Waals surface area contributed by atoms with E-state index < -0.39 is 5.82 Å². The highest BCUT2D eigenvalue weighted by Crippen LogP contribution is 2.56. The summed E-state index contributed by atoms with van der Waals surface area (Å²) in [5.41, 5.74) is 7.37. The van der Waals surface area contributed by atoms with Crippen LogP contribution < -0.4 is 16.4 Å². The van der Waals surface area contributed by atoms with E-state index >= 15 is 0 Å². The normalized spacial score (nSPS) is 30.0. The number of thioether (sulfide) groups is 1. The van der Waals surface area contributed by atoms with Crippen LogP contribution >= 0.6 is 11.8 Å². The lowest BCUT2D eigenvalue weighted by Gasteiger charge is -2.34. The van der Waals surface area contributed by atoms with Gasteiger partial charge in [-0.2, -0.15) is 0 Å². The minimum atomic E-state index is -0.481. The Balaban J connectivity index is 1.53. The maximum Gasteiger partial charge on any atom is 0.234 e. The Labute approximate surface area is 177 Å². The maximum atomic E-state index is 14.6. The van der Waals surface area contributed by atoms with Crippen molar-refractivity contribution >= 4 is 40.9 Å². The van der Waals surface area contributed by atoms with E-state index in [-0.39, 0.29) is 46.7 Å². The third-order valence-corrected chi connectivity index (χ3v) is 7.91. The third kappa shape index (κ3) is 3.51. The zero-order valence-corrected chi connectivity index (χ0v) is 17.0. The molecule has 2 amide bonds. The second-order valence-corrected chi connectivity index (χ2v) is 9.51. The van der Waals surface area contributed by atoms with Gasteiger partial charge >= 0.3 is 0 Å². The molecule has 0 radical (unpaired) electrons. The van der Waals surface area contributed by atoms with Crippen LogP contribution in [0.3, 0.4) is 0 Å². The molecule has 1 aromatic carbocycles. The van der Waals surface area contributed by atoms with Gasteiger partial charge in [-0.3, -0.25) is 9.59 Å². The number of aromatic nitrogens is 2. The molecule has 5 atom stereocenters. The van der Waals surface area contributed by atoms with Crippen molar-refractivity contribution in [2.24, 2.45) is 29.4 Å². The van der Waals surface area contributed by atoms with Crippen molar-refractivity contribution in [2.45, 2.75) is 24.5 Å². The molecule has 5 rings (SSSR count). The molecule has 2 fully saturated rings. The van der Waals surface area contributed by atoms with Crippen LogP contribution in [0.15, 0.2) is 30.5 Å². The molecular weight excluding hydrogens is 405 g/mol. The summed E-state index contributed by atoms with van der Waals surface area (Å²) in [6, 6.07) is 7.23. The average Bonchev–Trinajstić information content (AvgIpc) is 3.27. The Morgan fingerprint density at radius 1 is 1.20 bits per heavy atom. The highest BCUT2D eigenvalue weighted by Gasteiger charge is 2.54. The second-order valence-electron chi connectivity index (χ2n) is 8.28. The van der Waals surface area contributed by atoms with Crippen molar-refractivity contribution in [1.82, 2.24) is 9.97 Å². The molecule has 2 aliphatic carbocycles. The topological polar surface area (TPSA) is 110 Å². The molecule has 6 bridgehead atoms. The zero-order chi connectivity index (χ0) is 20.8. The largest absolute Gasteiger partial charge is 0.369 e. The Morgan fingerprint density at radius 3 is 2.80 bits per heavy atom. The first-order valence-electron chi connectivity index (χ1n) is 10.1. The highest BCUT2D eigenvalue weighted by molar-refractivity contribution is 8.00. The number of nitrogens with zero attached hydrogens (tertiary/aromatic N) is 2. The van der Waals surface area contributed by atoms with Crippen LogP contribution in [0.5, 0.6) is 0 Å². The number of rotatable bonds is 1.